The molecule has 0 bridgehead atoms. The average molecular weight is 391 g/mol. The lowest BCUT2D eigenvalue weighted by Crippen LogP contribution is -2.48. The summed E-state index contributed by atoms with van der Waals surface area (Å²) < 4.78 is 27.8. The molecule has 0 aliphatic rings. The third kappa shape index (κ3) is 4.37. The van der Waals surface area contributed by atoms with Crippen molar-refractivity contribution in [3.63, 3.8) is 0 Å². The molecule has 0 saturated heterocycles. The van der Waals surface area contributed by atoms with Gasteiger partial charge in [0.05, 0.1) is 15.7 Å². The fourth-order valence-electron chi connectivity index (χ4n) is 2.73. The maximum atomic E-state index is 13.4. The number of rotatable bonds is 5. The van der Waals surface area contributed by atoms with E-state index in [2.05, 4.69) is 10.3 Å². The standard InChI is InChI=1S/C18H15F2N3O3S/c1-23(13-2-3-16-14(8-13)21-9-27-16)17(24)15(22-18(25)26)6-10-4-11(19)7-12(20)5-10/h2-5,7-9,15,22H,6H2,1H3,(H,25,26). The topological polar surface area (TPSA) is 82.5 Å². The number of hydrogen-bond acceptors (Lipinski definition) is 4. The van der Waals surface area contributed by atoms with Crippen molar-refractivity contribution in [2.24, 2.45) is 0 Å². The van der Waals surface area contributed by atoms with Crippen LogP contribution in [0.25, 0.3) is 10.2 Å². The first-order valence-corrected chi connectivity index (χ1v) is 8.76. The number of likely N-dealkylation sites (N-methyl/N-ethyl adjacent to an activating group) is 1. The quantitative estimate of drug-likeness (QED) is 0.698. The van der Waals surface area contributed by atoms with E-state index in [1.54, 1.807) is 17.6 Å². The number of fused-ring (bicyclic) bond motifs is 1. The molecular weight excluding hydrogens is 376 g/mol. The Labute approximate surface area is 157 Å². The van der Waals surface area contributed by atoms with Gasteiger partial charge in [0.1, 0.15) is 17.7 Å². The van der Waals surface area contributed by atoms with Crippen molar-refractivity contribution in [1.82, 2.24) is 10.3 Å². The number of aromatic nitrogens is 1. The maximum absolute atomic E-state index is 13.4. The zero-order valence-electron chi connectivity index (χ0n) is 14.1. The molecule has 1 atom stereocenters. The van der Waals surface area contributed by atoms with E-state index in [-0.39, 0.29) is 12.0 Å². The SMILES string of the molecule is CN(C(=O)C(Cc1cc(F)cc(F)c1)NC(=O)O)c1ccc2scnc2c1. The number of carboxylic acid groups (broad SMARTS) is 1. The molecule has 1 unspecified atom stereocenters. The molecule has 0 aliphatic carbocycles. The molecule has 2 aromatic carbocycles. The molecule has 27 heavy (non-hydrogen) atoms. The van der Waals surface area contributed by atoms with E-state index < -0.39 is 29.7 Å². The zero-order valence-corrected chi connectivity index (χ0v) is 15.0. The van der Waals surface area contributed by atoms with E-state index in [9.17, 15) is 18.4 Å². The predicted octanol–water partition coefficient (Wildman–Crippen LogP) is 3.42. The highest BCUT2D eigenvalue weighted by atomic mass is 32.1. The maximum Gasteiger partial charge on any atom is 0.405 e. The second kappa shape index (κ2) is 7.67. The van der Waals surface area contributed by atoms with Gasteiger partial charge in [-0.1, -0.05) is 0 Å². The molecule has 9 heteroatoms. The molecular formula is C18H15F2N3O3S. The summed E-state index contributed by atoms with van der Waals surface area (Å²) >= 11 is 1.46. The van der Waals surface area contributed by atoms with Crippen LogP contribution in [-0.2, 0) is 11.2 Å². The van der Waals surface area contributed by atoms with Crippen LogP contribution in [-0.4, -0.2) is 35.2 Å². The summed E-state index contributed by atoms with van der Waals surface area (Å²) in [6.45, 7) is 0. The Kier molecular flexibility index (Phi) is 5.31. The summed E-state index contributed by atoms with van der Waals surface area (Å²) in [6.07, 6.45) is -1.60. The second-order valence-electron chi connectivity index (χ2n) is 5.89. The van der Waals surface area contributed by atoms with Crippen molar-refractivity contribution in [3.05, 3.63) is 59.1 Å². The fraction of sp³-hybridized carbons (Fsp3) is 0.167. The van der Waals surface area contributed by atoms with Gasteiger partial charge in [-0.3, -0.25) is 4.79 Å². The Hall–Kier alpha value is -3.07. The van der Waals surface area contributed by atoms with Gasteiger partial charge in [-0.2, -0.15) is 0 Å². The summed E-state index contributed by atoms with van der Waals surface area (Å²) in [5.41, 5.74) is 3.10. The van der Waals surface area contributed by atoms with E-state index in [0.717, 1.165) is 16.8 Å². The molecule has 3 rings (SSSR count). The number of thiazole rings is 1. The molecule has 6 nitrogen and oxygen atoms in total. The van der Waals surface area contributed by atoms with Crippen molar-refractivity contribution in [1.29, 1.82) is 0 Å². The fourth-order valence-corrected chi connectivity index (χ4v) is 3.39. The smallest absolute Gasteiger partial charge is 0.405 e. The van der Waals surface area contributed by atoms with Crippen LogP contribution in [0.2, 0.25) is 0 Å². The van der Waals surface area contributed by atoms with E-state index >= 15 is 0 Å². The van der Waals surface area contributed by atoms with Gasteiger partial charge >= 0.3 is 6.09 Å². The highest BCUT2D eigenvalue weighted by Gasteiger charge is 2.26. The van der Waals surface area contributed by atoms with Crippen molar-refractivity contribution in [2.75, 3.05) is 11.9 Å². The Morgan fingerprint density at radius 2 is 1.93 bits per heavy atom. The van der Waals surface area contributed by atoms with Gasteiger partial charge in [-0.15, -0.1) is 11.3 Å². The number of carbonyl (C=O) groups is 2. The van der Waals surface area contributed by atoms with Crippen LogP contribution >= 0.6 is 11.3 Å². The molecule has 2 N–H and O–H groups in total. The molecule has 0 radical (unpaired) electrons. The van der Waals surface area contributed by atoms with Gasteiger partial charge in [0, 0.05) is 25.2 Å². The number of amides is 2. The normalized spacial score (nSPS) is 12.0. The van der Waals surface area contributed by atoms with Crippen molar-refractivity contribution >= 4 is 39.2 Å². The van der Waals surface area contributed by atoms with Crippen molar-refractivity contribution < 1.29 is 23.5 Å². The molecule has 0 saturated carbocycles. The third-order valence-corrected chi connectivity index (χ3v) is 4.80. The second-order valence-corrected chi connectivity index (χ2v) is 6.77. The summed E-state index contributed by atoms with van der Waals surface area (Å²) in [7, 11) is 1.50. The summed E-state index contributed by atoms with van der Waals surface area (Å²) in [4.78, 5) is 29.4. The first kappa shape index (κ1) is 18.7. The molecule has 3 aromatic rings. The van der Waals surface area contributed by atoms with Gasteiger partial charge < -0.3 is 15.3 Å². The largest absolute Gasteiger partial charge is 0.465 e. The molecule has 2 amide bonds. The minimum atomic E-state index is -1.41. The molecule has 0 spiro atoms. The predicted molar refractivity (Wildman–Crippen MR) is 98.0 cm³/mol. The monoisotopic (exact) mass is 391 g/mol. The minimum absolute atomic E-state index is 0.169. The number of nitrogens with zero attached hydrogens (tertiary/aromatic N) is 2. The van der Waals surface area contributed by atoms with E-state index in [4.69, 9.17) is 5.11 Å². The lowest BCUT2D eigenvalue weighted by molar-refractivity contribution is -0.120. The number of carbonyl (C=O) groups excluding carboxylic acids is 1. The van der Waals surface area contributed by atoms with Crippen LogP contribution in [0.5, 0.6) is 0 Å². The summed E-state index contributed by atoms with van der Waals surface area (Å²) in [5, 5.41) is 11.2. The Bertz CT molecular complexity index is 988. The molecule has 1 aromatic heterocycles. The van der Waals surface area contributed by atoms with Gasteiger partial charge in [0.25, 0.3) is 0 Å². The van der Waals surface area contributed by atoms with Crippen LogP contribution in [0.1, 0.15) is 5.56 Å². The first-order chi connectivity index (χ1) is 12.8. The highest BCUT2D eigenvalue weighted by Crippen LogP contribution is 2.24. The van der Waals surface area contributed by atoms with Crippen LogP contribution in [0.3, 0.4) is 0 Å². The lowest BCUT2D eigenvalue weighted by Gasteiger charge is -2.24. The van der Waals surface area contributed by atoms with E-state index in [1.165, 1.54) is 23.3 Å². The van der Waals surface area contributed by atoms with Crippen molar-refractivity contribution in [2.45, 2.75) is 12.5 Å². The Balaban J connectivity index is 1.86. The number of halogens is 2. The molecule has 0 fully saturated rings. The lowest BCUT2D eigenvalue weighted by atomic mass is 10.0. The van der Waals surface area contributed by atoms with Crippen LogP contribution < -0.4 is 10.2 Å². The van der Waals surface area contributed by atoms with E-state index in [0.29, 0.717) is 17.3 Å². The van der Waals surface area contributed by atoms with Gasteiger partial charge in [0.15, 0.2) is 0 Å². The third-order valence-electron chi connectivity index (χ3n) is 3.99. The molecule has 0 aliphatic heterocycles. The first-order valence-electron chi connectivity index (χ1n) is 7.89. The van der Waals surface area contributed by atoms with E-state index in [1.807, 2.05) is 6.07 Å². The summed E-state index contributed by atoms with van der Waals surface area (Å²) in [5.74, 6) is -2.15. The Morgan fingerprint density at radius 1 is 1.22 bits per heavy atom. The summed E-state index contributed by atoms with van der Waals surface area (Å²) in [6, 6.07) is 6.87. The van der Waals surface area contributed by atoms with Gasteiger partial charge in [-0.25, -0.2) is 18.6 Å². The Morgan fingerprint density at radius 3 is 2.59 bits per heavy atom. The van der Waals surface area contributed by atoms with Crippen LogP contribution in [0.15, 0.2) is 41.9 Å². The highest BCUT2D eigenvalue weighted by molar-refractivity contribution is 7.16. The van der Waals surface area contributed by atoms with Crippen LogP contribution in [0.4, 0.5) is 19.3 Å². The number of nitrogens with one attached hydrogen (secondary N) is 1. The molecule has 1 heterocycles. The molecule has 140 valence electrons. The number of hydrogen-bond donors (Lipinski definition) is 2. The zero-order chi connectivity index (χ0) is 19.6. The van der Waals surface area contributed by atoms with Gasteiger partial charge in [0.2, 0.25) is 5.91 Å². The minimum Gasteiger partial charge on any atom is -0.465 e. The number of benzene rings is 2. The number of anilines is 1. The average Bonchev–Trinajstić information content (AvgIpc) is 3.06. The van der Waals surface area contributed by atoms with Crippen LogP contribution in [0, 0.1) is 11.6 Å². The van der Waals surface area contributed by atoms with Crippen molar-refractivity contribution in [3.8, 4) is 0 Å². The van der Waals surface area contributed by atoms with Gasteiger partial charge in [-0.05, 0) is 35.9 Å².